The van der Waals surface area contributed by atoms with Gasteiger partial charge in [0.1, 0.15) is 61.9 Å². The van der Waals surface area contributed by atoms with Crippen LogP contribution in [0.15, 0.2) is 10.2 Å². The maximum atomic E-state index is 13.7. The van der Waals surface area contributed by atoms with Crippen molar-refractivity contribution in [2.45, 2.75) is 203 Å². The normalized spacial score (nSPS) is 26.0. The molecule has 0 saturated carbocycles. The molecule has 39 nitrogen and oxygen atoms in total. The van der Waals surface area contributed by atoms with Crippen molar-refractivity contribution in [3.05, 3.63) is 20.9 Å². The summed E-state index contributed by atoms with van der Waals surface area (Å²) in [6.07, 6.45) is -29.4. The van der Waals surface area contributed by atoms with Gasteiger partial charge in [-0.2, -0.15) is 33.7 Å². The predicted octanol–water partition coefficient (Wildman–Crippen LogP) is 1.61. The third-order valence-corrected chi connectivity index (χ3v) is 14.0. The molecule has 2 rings (SSSR count). The Balaban J connectivity index is 3.04. The molecule has 0 aromatic rings. The first kappa shape index (κ1) is 78.6. The van der Waals surface area contributed by atoms with Crippen LogP contribution in [0.3, 0.4) is 0 Å². The van der Waals surface area contributed by atoms with Crippen LogP contribution in [-0.4, -0.2) is 250 Å². The van der Waals surface area contributed by atoms with Crippen molar-refractivity contribution in [2.75, 3.05) is 60.0 Å². The molecule has 502 valence electrons. The van der Waals surface area contributed by atoms with Gasteiger partial charge in [0.15, 0.2) is 37.4 Å². The molecule has 7 N–H and O–H groups in total. The van der Waals surface area contributed by atoms with Gasteiger partial charge in [-0.15, -0.1) is 0 Å². The highest BCUT2D eigenvalue weighted by Gasteiger charge is 2.54. The summed E-state index contributed by atoms with van der Waals surface area (Å²) >= 11 is 0. The summed E-state index contributed by atoms with van der Waals surface area (Å²) < 4.78 is 224. The number of aliphatic hydroxyl groups is 1. The summed E-state index contributed by atoms with van der Waals surface area (Å²) in [5.74, 6) is -3.94. The number of hydrogen-bond donors (Lipinski definition) is 7. The van der Waals surface area contributed by atoms with E-state index in [-0.39, 0.29) is 32.8 Å². The number of carboxylic acids is 2. The lowest BCUT2D eigenvalue weighted by Crippen LogP contribution is -2.63. The zero-order chi connectivity index (χ0) is 65.0. The minimum Gasteiger partial charge on any atom is -0.479 e. The fraction of sp³-hybridized carbons (Fsp3) is 0.953. The van der Waals surface area contributed by atoms with E-state index >= 15 is 0 Å². The highest BCUT2D eigenvalue weighted by atomic mass is 32.3. The van der Waals surface area contributed by atoms with Gasteiger partial charge in [0.25, 0.3) is 0 Å². The molecule has 2 heterocycles. The van der Waals surface area contributed by atoms with Crippen LogP contribution in [0.4, 0.5) is 0 Å². The first-order valence-electron chi connectivity index (χ1n) is 26.5. The lowest BCUT2D eigenvalue weighted by molar-refractivity contribution is -0.337. The number of carbonyl (C=O) groups is 2. The maximum Gasteiger partial charge on any atom is 0.397 e. The van der Waals surface area contributed by atoms with Crippen LogP contribution in [-0.2, 0) is 125 Å². The number of carboxylic acid groups (broad SMARTS) is 2. The first-order valence-corrected chi connectivity index (χ1v) is 32.0. The third kappa shape index (κ3) is 29.0. The molecule has 86 heavy (non-hydrogen) atoms. The van der Waals surface area contributed by atoms with Gasteiger partial charge in [-0.25, -0.2) is 26.3 Å². The number of azide groups is 2. The van der Waals surface area contributed by atoms with Crippen molar-refractivity contribution < 1.29 is 150 Å². The van der Waals surface area contributed by atoms with Crippen LogP contribution in [0.2, 0.25) is 0 Å². The predicted molar refractivity (Wildman–Crippen MR) is 283 cm³/mol. The minimum atomic E-state index is -5.52. The van der Waals surface area contributed by atoms with E-state index in [4.69, 9.17) is 56.8 Å². The summed E-state index contributed by atoms with van der Waals surface area (Å²) in [7, 11) is -20.7. The number of rotatable bonds is 47. The van der Waals surface area contributed by atoms with Crippen molar-refractivity contribution in [3.8, 4) is 0 Å². The van der Waals surface area contributed by atoms with Crippen molar-refractivity contribution in [1.82, 2.24) is 0 Å². The topological polar surface area (TPSA) is 558 Å². The quantitative estimate of drug-likeness (QED) is 0.0114. The van der Waals surface area contributed by atoms with E-state index in [9.17, 15) is 87.9 Å². The molecule has 2 saturated heterocycles. The molecule has 18 atom stereocenters. The Labute approximate surface area is 496 Å². The van der Waals surface area contributed by atoms with Crippen molar-refractivity contribution in [3.63, 3.8) is 0 Å². The maximum absolute atomic E-state index is 13.7. The Morgan fingerprint density at radius 2 is 0.919 bits per heavy atom. The standard InChI is InChI=1S/C43H78N6O33S4/c1-8-12-16-68-24(5)32(50)38(40(51)52)80-28(22-74-85(61,62)63)78-35-27(21-73-84(58,59)60)77-43(31(47-49-45)37(35)71-19-15-11-4)82-33(25(6)69-17-13-9-2)39(41(53)54)81-29(23-75-86(64,65)66)79-34-26(20-72-83(55,56)57)76-42(67-7)30(46-48-44)36(34)70-18-14-10-3/h24-39,42-43,50H,8-23H2,1-7H3,(H,51,52)(H,53,54)(H,55,56,57)(H,58,59,60)(H,61,62,63)(H,64,65,66)/t24-,25-,26?,27?,28?,29?,30-,31-,32+,33+,34-,35-,36?,37?,38?,39?,42+,43-/m0/s1. The molecule has 2 aliphatic rings. The van der Waals surface area contributed by atoms with E-state index in [0.29, 0.717) is 44.9 Å². The average molecular weight is 1340 g/mol. The smallest absolute Gasteiger partial charge is 0.397 e. The van der Waals surface area contributed by atoms with Gasteiger partial charge in [0.2, 0.25) is 0 Å². The molecule has 43 heteroatoms. The van der Waals surface area contributed by atoms with Gasteiger partial charge < -0.3 is 72.2 Å². The van der Waals surface area contributed by atoms with E-state index in [1.54, 1.807) is 20.8 Å². The fourth-order valence-electron chi connectivity index (χ4n) is 8.06. The Kier molecular flexibility index (Phi) is 35.6. The summed E-state index contributed by atoms with van der Waals surface area (Å²) in [6, 6.07) is -3.62. The Morgan fingerprint density at radius 1 is 0.547 bits per heavy atom. The molecule has 8 unspecified atom stereocenters. The zero-order valence-corrected chi connectivity index (χ0v) is 51.0. The molecule has 0 aromatic carbocycles. The van der Waals surface area contributed by atoms with E-state index in [1.165, 1.54) is 13.8 Å². The van der Waals surface area contributed by atoms with Gasteiger partial charge in [0, 0.05) is 43.4 Å². The van der Waals surface area contributed by atoms with Crippen LogP contribution in [0.1, 0.15) is 92.9 Å². The average Bonchev–Trinajstić information content (AvgIpc) is 1.01. The zero-order valence-electron chi connectivity index (χ0n) is 47.8. The van der Waals surface area contributed by atoms with E-state index < -0.39 is 190 Å². The number of unbranched alkanes of at least 4 members (excludes halogenated alkanes) is 4. The molecule has 0 bridgehead atoms. The van der Waals surface area contributed by atoms with E-state index in [0.717, 1.165) is 7.11 Å². The summed E-state index contributed by atoms with van der Waals surface area (Å²) in [6.45, 7) is 3.29. The molecule has 0 aliphatic carbocycles. The SMILES string of the molecule is CCCCOC1[C@@H](OC(COS(=O)(=O)O)OC(C(=O)O)[C@H](O[C@@H]2OC(COS(=O)(=O)O)[C@H](OC(COS(=O)(=O)O)OC(C(=O)O)[C@H](O)[C@H](C)OCCCC)C(OCCCC)[C@@H]2N=[N+]=[N-])[C@H](C)OCCCC)C(COS(=O)(=O)O)O[C@@H](OC)[C@H]1N=[N+]=[N-]. The molecule has 0 amide bonds. The molecule has 0 radical (unpaired) electrons. The van der Waals surface area contributed by atoms with E-state index in [2.05, 4.69) is 36.8 Å². The highest BCUT2D eigenvalue weighted by Crippen LogP contribution is 2.35. The van der Waals surface area contributed by atoms with Crippen LogP contribution in [0.5, 0.6) is 0 Å². The third-order valence-electron chi connectivity index (χ3n) is 12.2. The Hall–Kier alpha value is -3.48. The molecule has 0 aromatic heterocycles. The molecule has 2 fully saturated rings. The number of nitrogens with zero attached hydrogens (tertiary/aromatic N) is 6. The number of aliphatic hydroxyl groups excluding tert-OH is 1. The lowest BCUT2D eigenvalue weighted by Gasteiger charge is -2.47. The monoisotopic (exact) mass is 1330 g/mol. The van der Waals surface area contributed by atoms with Crippen LogP contribution >= 0.6 is 0 Å². The molecule has 2 aliphatic heterocycles. The fourth-order valence-corrected chi connectivity index (χ4v) is 9.24. The second-order valence-corrected chi connectivity index (χ2v) is 23.1. The number of hydrogen-bond acceptors (Lipinski definition) is 29. The first-order chi connectivity index (χ1) is 40.3. The number of aliphatic carboxylic acids is 2. The second kappa shape index (κ2) is 38.9. The summed E-state index contributed by atoms with van der Waals surface area (Å²) in [4.78, 5) is 32.0. The van der Waals surface area contributed by atoms with Gasteiger partial charge >= 0.3 is 53.5 Å². The van der Waals surface area contributed by atoms with Gasteiger partial charge in [0.05, 0.1) is 37.6 Å². The van der Waals surface area contributed by atoms with Crippen molar-refractivity contribution in [2.24, 2.45) is 10.2 Å². The number of methoxy groups -OCH3 is 1. The van der Waals surface area contributed by atoms with Gasteiger partial charge in [-0.05, 0) is 50.6 Å². The highest BCUT2D eigenvalue weighted by molar-refractivity contribution is 7.81. The largest absolute Gasteiger partial charge is 0.479 e. The summed E-state index contributed by atoms with van der Waals surface area (Å²) in [5, 5.41) is 39.8. The van der Waals surface area contributed by atoms with Crippen LogP contribution in [0.25, 0.3) is 20.9 Å². The number of ether oxygens (including phenoxy) is 12. The Bertz CT molecular complexity index is 2590. The van der Waals surface area contributed by atoms with Crippen LogP contribution in [0, 0.1) is 0 Å². The Morgan fingerprint density at radius 3 is 1.29 bits per heavy atom. The minimum absolute atomic E-state index is 0.0303. The molecule has 0 spiro atoms. The van der Waals surface area contributed by atoms with Crippen molar-refractivity contribution in [1.29, 1.82) is 0 Å². The molecular formula is C43H78N6O33S4. The second-order valence-electron chi connectivity index (χ2n) is 18.7. The van der Waals surface area contributed by atoms with Crippen molar-refractivity contribution >= 4 is 53.5 Å². The lowest BCUT2D eigenvalue weighted by atomic mass is 9.96. The van der Waals surface area contributed by atoms with E-state index in [1.807, 2.05) is 6.92 Å². The molecular weight excluding hydrogens is 1260 g/mol. The van der Waals surface area contributed by atoms with Gasteiger partial charge in [-0.1, -0.05) is 63.6 Å². The summed E-state index contributed by atoms with van der Waals surface area (Å²) in [5.41, 5.74) is 19.7. The van der Waals surface area contributed by atoms with Crippen LogP contribution < -0.4 is 0 Å². The van der Waals surface area contributed by atoms with Gasteiger partial charge in [-0.3, -0.25) is 18.2 Å².